The molecule has 3 rings (SSSR count). The fourth-order valence-electron chi connectivity index (χ4n) is 4.08. The fraction of sp³-hybridized carbons (Fsp3) is 0.750. The molecule has 0 spiro atoms. The van der Waals surface area contributed by atoms with Crippen molar-refractivity contribution in [2.24, 2.45) is 10.8 Å². The number of unbranched alkanes of at least 4 members (excludes halogenated alkanes) is 4. The Morgan fingerprint density at radius 2 is 1.04 bits per heavy atom. The van der Waals surface area contributed by atoms with Gasteiger partial charge < -0.3 is 10.2 Å². The van der Waals surface area contributed by atoms with Crippen molar-refractivity contribution >= 4 is 0 Å². The van der Waals surface area contributed by atoms with Crippen molar-refractivity contribution in [3.05, 3.63) is 23.3 Å². The third-order valence-electron chi connectivity index (χ3n) is 6.94. The summed E-state index contributed by atoms with van der Waals surface area (Å²) in [6.45, 7) is 4.78. The van der Waals surface area contributed by atoms with Gasteiger partial charge in [-0.2, -0.15) is 0 Å². The minimum absolute atomic E-state index is 0.372. The number of phenolic OH excluding ortho intramolecular Hbond substituents is 2. The summed E-state index contributed by atoms with van der Waals surface area (Å²) in [5, 5.41) is 20.6. The molecule has 1 aromatic carbocycles. The van der Waals surface area contributed by atoms with Gasteiger partial charge in [0.25, 0.3) is 0 Å². The molecule has 2 aliphatic rings. The first-order valence-corrected chi connectivity index (χ1v) is 10.9. The van der Waals surface area contributed by atoms with Gasteiger partial charge in [0.2, 0.25) is 0 Å². The Morgan fingerprint density at radius 1 is 0.654 bits per heavy atom. The smallest absolute Gasteiger partial charge is 0.119 e. The number of aryl methyl sites for hydroxylation is 2. The topological polar surface area (TPSA) is 40.5 Å². The predicted molar refractivity (Wildman–Crippen MR) is 109 cm³/mol. The highest BCUT2D eigenvalue weighted by atomic mass is 16.3. The Balaban J connectivity index is 1.35. The van der Waals surface area contributed by atoms with Crippen LogP contribution in [0.2, 0.25) is 0 Å². The maximum absolute atomic E-state index is 10.3. The first-order chi connectivity index (χ1) is 12.4. The molecule has 0 bridgehead atoms. The zero-order valence-corrected chi connectivity index (χ0v) is 16.9. The number of phenols is 2. The van der Waals surface area contributed by atoms with Gasteiger partial charge in [0, 0.05) is 0 Å². The van der Waals surface area contributed by atoms with Crippen LogP contribution in [0.5, 0.6) is 11.5 Å². The van der Waals surface area contributed by atoms with Crippen LogP contribution in [0, 0.1) is 10.8 Å². The summed E-state index contributed by atoms with van der Waals surface area (Å²) >= 11 is 0. The molecule has 2 fully saturated rings. The molecule has 2 N–H and O–H groups in total. The van der Waals surface area contributed by atoms with Crippen molar-refractivity contribution in [3.8, 4) is 11.5 Å². The quantitative estimate of drug-likeness (QED) is 0.315. The van der Waals surface area contributed by atoms with Crippen LogP contribution in [-0.2, 0) is 12.8 Å². The molecular formula is C24H38O2. The minimum atomic E-state index is 0.372. The lowest BCUT2D eigenvalue weighted by molar-refractivity contribution is 0.441. The summed E-state index contributed by atoms with van der Waals surface area (Å²) < 4.78 is 0. The number of aromatic hydroxyl groups is 2. The molecule has 0 aromatic heterocycles. The number of hydrogen-bond acceptors (Lipinski definition) is 2. The van der Waals surface area contributed by atoms with Crippen LogP contribution in [0.25, 0.3) is 0 Å². The van der Waals surface area contributed by atoms with E-state index in [2.05, 4.69) is 13.8 Å². The highest BCUT2D eigenvalue weighted by Crippen LogP contribution is 2.49. The van der Waals surface area contributed by atoms with E-state index in [4.69, 9.17) is 0 Å². The second kappa shape index (κ2) is 8.23. The SMILES string of the molecule is CC1(CCCCCCc2cc(O)c(CCCCC3(C)CC3)cc2O)CC1. The van der Waals surface area contributed by atoms with E-state index in [1.165, 1.54) is 64.2 Å². The van der Waals surface area contributed by atoms with E-state index in [-0.39, 0.29) is 0 Å². The normalized spacial score (nSPS) is 19.5. The molecular weight excluding hydrogens is 320 g/mol. The van der Waals surface area contributed by atoms with Gasteiger partial charge in [-0.1, -0.05) is 39.5 Å². The van der Waals surface area contributed by atoms with Gasteiger partial charge in [0.1, 0.15) is 11.5 Å². The zero-order valence-electron chi connectivity index (χ0n) is 16.9. The number of hydrogen-bond donors (Lipinski definition) is 2. The molecule has 2 aliphatic carbocycles. The van der Waals surface area contributed by atoms with Crippen LogP contribution >= 0.6 is 0 Å². The Bertz CT molecular complexity index is 596. The summed E-state index contributed by atoms with van der Waals surface area (Å²) in [5.74, 6) is 0.745. The third-order valence-corrected chi connectivity index (χ3v) is 6.94. The van der Waals surface area contributed by atoms with Crippen LogP contribution in [0.3, 0.4) is 0 Å². The van der Waals surface area contributed by atoms with Crippen LogP contribution in [-0.4, -0.2) is 10.2 Å². The van der Waals surface area contributed by atoms with E-state index in [0.29, 0.717) is 22.3 Å². The van der Waals surface area contributed by atoms with E-state index >= 15 is 0 Å². The molecule has 0 saturated heterocycles. The summed E-state index contributed by atoms with van der Waals surface area (Å²) in [7, 11) is 0. The molecule has 2 nitrogen and oxygen atoms in total. The third kappa shape index (κ3) is 5.93. The van der Waals surface area contributed by atoms with E-state index in [1.807, 2.05) is 0 Å². The summed E-state index contributed by atoms with van der Waals surface area (Å²) in [6, 6.07) is 3.61. The van der Waals surface area contributed by atoms with Crippen LogP contribution in [0.1, 0.15) is 102 Å². The van der Waals surface area contributed by atoms with Crippen molar-refractivity contribution < 1.29 is 10.2 Å². The molecule has 0 heterocycles. The van der Waals surface area contributed by atoms with Crippen LogP contribution in [0.4, 0.5) is 0 Å². The van der Waals surface area contributed by atoms with Crippen molar-refractivity contribution in [2.45, 2.75) is 104 Å². The second-order valence-electron chi connectivity index (χ2n) is 9.85. The molecule has 0 radical (unpaired) electrons. The lowest BCUT2D eigenvalue weighted by atomic mass is 9.96. The van der Waals surface area contributed by atoms with Gasteiger partial charge in [0.15, 0.2) is 0 Å². The molecule has 26 heavy (non-hydrogen) atoms. The molecule has 2 heteroatoms. The number of benzene rings is 1. The van der Waals surface area contributed by atoms with Crippen molar-refractivity contribution in [3.63, 3.8) is 0 Å². The minimum Gasteiger partial charge on any atom is -0.508 e. The Labute approximate surface area is 160 Å². The van der Waals surface area contributed by atoms with Gasteiger partial charge in [-0.25, -0.2) is 0 Å². The van der Waals surface area contributed by atoms with Crippen molar-refractivity contribution in [2.75, 3.05) is 0 Å². The zero-order chi connectivity index (χ0) is 18.6. The summed E-state index contributed by atoms with van der Waals surface area (Å²) in [5.41, 5.74) is 3.11. The van der Waals surface area contributed by atoms with Crippen molar-refractivity contribution in [1.29, 1.82) is 0 Å². The first-order valence-electron chi connectivity index (χ1n) is 10.9. The van der Waals surface area contributed by atoms with Crippen molar-refractivity contribution in [1.82, 2.24) is 0 Å². The maximum Gasteiger partial charge on any atom is 0.119 e. The highest BCUT2D eigenvalue weighted by Gasteiger charge is 2.36. The molecule has 0 amide bonds. The van der Waals surface area contributed by atoms with Gasteiger partial charge in [-0.3, -0.25) is 0 Å². The highest BCUT2D eigenvalue weighted by molar-refractivity contribution is 5.45. The largest absolute Gasteiger partial charge is 0.508 e. The second-order valence-corrected chi connectivity index (χ2v) is 9.85. The Morgan fingerprint density at radius 3 is 1.50 bits per heavy atom. The summed E-state index contributed by atoms with van der Waals surface area (Å²) in [6.07, 6.45) is 17.3. The van der Waals surface area contributed by atoms with E-state index in [1.54, 1.807) is 12.1 Å². The van der Waals surface area contributed by atoms with E-state index in [0.717, 1.165) is 36.8 Å². The van der Waals surface area contributed by atoms with E-state index in [9.17, 15) is 10.2 Å². The Kier molecular flexibility index (Phi) is 6.20. The van der Waals surface area contributed by atoms with E-state index < -0.39 is 0 Å². The van der Waals surface area contributed by atoms with Gasteiger partial charge >= 0.3 is 0 Å². The molecule has 0 aliphatic heterocycles. The van der Waals surface area contributed by atoms with Crippen LogP contribution in [0.15, 0.2) is 12.1 Å². The fourth-order valence-corrected chi connectivity index (χ4v) is 4.08. The average Bonchev–Trinajstić information content (AvgIpc) is 3.51. The molecule has 1 aromatic rings. The van der Waals surface area contributed by atoms with Gasteiger partial charge in [0.05, 0.1) is 0 Å². The maximum atomic E-state index is 10.3. The summed E-state index contributed by atoms with van der Waals surface area (Å²) in [4.78, 5) is 0. The van der Waals surface area contributed by atoms with Crippen LogP contribution < -0.4 is 0 Å². The lowest BCUT2D eigenvalue weighted by Gasteiger charge is -2.12. The average molecular weight is 359 g/mol. The number of rotatable bonds is 12. The monoisotopic (exact) mass is 358 g/mol. The first kappa shape index (κ1) is 19.6. The lowest BCUT2D eigenvalue weighted by Crippen LogP contribution is -1.95. The van der Waals surface area contributed by atoms with Gasteiger partial charge in [-0.15, -0.1) is 0 Å². The predicted octanol–water partition coefficient (Wildman–Crippen LogP) is 6.90. The molecule has 2 saturated carbocycles. The standard InChI is InChI=1S/C24H38O2/c1-23(13-14-23)11-7-4-3-5-9-19-17-22(26)20(18-21(19)25)10-6-8-12-24(2)15-16-24/h17-18,25-26H,3-16H2,1-2H3. The molecule has 0 atom stereocenters. The molecule has 0 unspecified atom stereocenters. The van der Waals surface area contributed by atoms with Gasteiger partial charge in [-0.05, 0) is 98.3 Å². The molecule has 146 valence electrons. The Hall–Kier alpha value is -1.18.